The maximum Gasteiger partial charge on any atom is 0.311 e. The summed E-state index contributed by atoms with van der Waals surface area (Å²) in [6.07, 6.45) is 1.59. The van der Waals surface area contributed by atoms with Crippen molar-refractivity contribution in [1.82, 2.24) is 0 Å². The average molecular weight is 334 g/mol. The minimum absolute atomic E-state index is 0.109. The molecule has 1 aromatic heterocycles. The lowest BCUT2D eigenvalue weighted by molar-refractivity contribution is -0.886. The molecular formula is C16H20N3O5+. The van der Waals surface area contributed by atoms with E-state index in [4.69, 9.17) is 9.15 Å². The summed E-state index contributed by atoms with van der Waals surface area (Å²) in [7, 11) is 3.23. The molecule has 0 saturated heterocycles. The number of benzene rings is 1. The largest absolute Gasteiger partial charge is 0.490 e. The first-order valence-corrected chi connectivity index (χ1v) is 7.37. The molecule has 1 amide bonds. The Balaban J connectivity index is 2.04. The van der Waals surface area contributed by atoms with Crippen molar-refractivity contribution >= 4 is 17.3 Å². The van der Waals surface area contributed by atoms with Gasteiger partial charge in [-0.15, -0.1) is 0 Å². The van der Waals surface area contributed by atoms with Crippen LogP contribution in [-0.2, 0) is 11.3 Å². The number of hydrogen-bond donors (Lipinski definition) is 2. The molecule has 1 aromatic carbocycles. The molecule has 0 aliphatic carbocycles. The van der Waals surface area contributed by atoms with Gasteiger partial charge in [0.25, 0.3) is 5.91 Å². The van der Waals surface area contributed by atoms with Gasteiger partial charge in [-0.2, -0.15) is 0 Å². The molecule has 0 aliphatic rings. The van der Waals surface area contributed by atoms with Crippen LogP contribution in [0.1, 0.15) is 11.3 Å². The fourth-order valence-electron chi connectivity index (χ4n) is 2.36. The maximum absolute atomic E-state index is 12.2. The molecule has 0 aliphatic heterocycles. The molecule has 2 rings (SSSR count). The van der Waals surface area contributed by atoms with Gasteiger partial charge in [0.1, 0.15) is 6.54 Å². The zero-order valence-corrected chi connectivity index (χ0v) is 13.8. The number of amides is 1. The second kappa shape index (κ2) is 7.60. The first-order chi connectivity index (χ1) is 11.4. The molecule has 2 aromatic rings. The van der Waals surface area contributed by atoms with Crippen LogP contribution in [-0.4, -0.2) is 31.5 Å². The van der Waals surface area contributed by atoms with Crippen molar-refractivity contribution in [2.45, 2.75) is 13.5 Å². The third-order valence-corrected chi connectivity index (χ3v) is 3.52. The predicted molar refractivity (Wildman–Crippen MR) is 87.2 cm³/mol. The highest BCUT2D eigenvalue weighted by Gasteiger charge is 2.19. The van der Waals surface area contributed by atoms with Crippen LogP contribution >= 0.6 is 0 Å². The van der Waals surface area contributed by atoms with Gasteiger partial charge in [0.15, 0.2) is 18.1 Å². The minimum atomic E-state index is -0.515. The van der Waals surface area contributed by atoms with E-state index in [9.17, 15) is 14.9 Å². The second-order valence-electron chi connectivity index (χ2n) is 5.53. The summed E-state index contributed by atoms with van der Waals surface area (Å²) in [6.45, 7) is 2.52. The Hall–Kier alpha value is -2.87. The van der Waals surface area contributed by atoms with Crippen molar-refractivity contribution in [2.75, 3.05) is 26.0 Å². The number of aryl methyl sites for hydroxylation is 1. The second-order valence-corrected chi connectivity index (χ2v) is 5.53. The highest BCUT2D eigenvalue weighted by Crippen LogP contribution is 2.32. The summed E-state index contributed by atoms with van der Waals surface area (Å²) < 4.78 is 10.3. The van der Waals surface area contributed by atoms with Crippen LogP contribution in [0.4, 0.5) is 11.4 Å². The van der Waals surface area contributed by atoms with Crippen molar-refractivity contribution in [2.24, 2.45) is 0 Å². The lowest BCUT2D eigenvalue weighted by atomic mass is 10.1. The lowest BCUT2D eigenvalue weighted by Gasteiger charge is -2.14. The molecule has 24 heavy (non-hydrogen) atoms. The summed E-state index contributed by atoms with van der Waals surface area (Å²) in [5.41, 5.74) is 0.960. The van der Waals surface area contributed by atoms with Crippen molar-refractivity contribution in [1.29, 1.82) is 0 Å². The van der Waals surface area contributed by atoms with Crippen molar-refractivity contribution in [3.63, 3.8) is 0 Å². The molecule has 128 valence electrons. The molecule has 1 unspecified atom stereocenters. The van der Waals surface area contributed by atoms with E-state index in [0.717, 1.165) is 10.7 Å². The van der Waals surface area contributed by atoms with Gasteiger partial charge < -0.3 is 19.4 Å². The van der Waals surface area contributed by atoms with Crippen molar-refractivity contribution < 1.29 is 23.8 Å². The van der Waals surface area contributed by atoms with E-state index >= 15 is 0 Å². The Labute approximate surface area is 139 Å². The molecule has 0 fully saturated rings. The number of nitro groups is 1. The Kier molecular flexibility index (Phi) is 5.54. The van der Waals surface area contributed by atoms with Gasteiger partial charge in [-0.05, 0) is 24.6 Å². The van der Waals surface area contributed by atoms with E-state index in [2.05, 4.69) is 5.32 Å². The molecule has 8 nitrogen and oxygen atoms in total. The smallest absolute Gasteiger partial charge is 0.311 e. The normalized spacial score (nSPS) is 11.8. The topological polar surface area (TPSA) is 99.0 Å². The van der Waals surface area contributed by atoms with Crippen LogP contribution in [0.3, 0.4) is 0 Å². The van der Waals surface area contributed by atoms with E-state index in [0.29, 0.717) is 17.8 Å². The van der Waals surface area contributed by atoms with Gasteiger partial charge in [-0.3, -0.25) is 14.9 Å². The van der Waals surface area contributed by atoms with Crippen molar-refractivity contribution in [3.8, 4) is 5.75 Å². The summed E-state index contributed by atoms with van der Waals surface area (Å²) >= 11 is 0. The standard InChI is InChI=1S/C16H19N3O5/c1-11-7-14(19(21)22)15(23-3)8-13(11)17-16(20)10-18(2)9-12-5-4-6-24-12/h4-8H,9-10H2,1-3H3,(H,17,20)/p+1. The molecule has 0 bridgehead atoms. The zero-order chi connectivity index (χ0) is 17.7. The Morgan fingerprint density at radius 3 is 2.79 bits per heavy atom. The monoisotopic (exact) mass is 334 g/mol. The van der Waals surface area contributed by atoms with Crippen LogP contribution in [0.15, 0.2) is 34.9 Å². The van der Waals surface area contributed by atoms with Crippen LogP contribution in [0.5, 0.6) is 5.75 Å². The molecule has 1 atom stereocenters. The number of rotatable bonds is 7. The van der Waals surface area contributed by atoms with Gasteiger partial charge in [0, 0.05) is 17.8 Å². The predicted octanol–water partition coefficient (Wildman–Crippen LogP) is 1.16. The molecule has 2 N–H and O–H groups in total. The number of nitrogens with zero attached hydrogens (tertiary/aromatic N) is 1. The summed E-state index contributed by atoms with van der Waals surface area (Å²) in [6, 6.07) is 6.50. The SMILES string of the molecule is COc1cc(NC(=O)C[NH+](C)Cc2ccco2)c(C)cc1[N+](=O)[O-]. The van der Waals surface area contributed by atoms with E-state index < -0.39 is 4.92 Å². The number of likely N-dealkylation sites (N-methyl/N-ethyl adjacent to an activating group) is 1. The number of methoxy groups -OCH3 is 1. The quantitative estimate of drug-likeness (QED) is 0.585. The number of quaternary nitrogens is 1. The van der Waals surface area contributed by atoms with Crippen molar-refractivity contribution in [3.05, 3.63) is 52.0 Å². The number of furan rings is 1. The number of nitrogens with one attached hydrogen (secondary N) is 2. The maximum atomic E-state index is 12.2. The molecule has 0 spiro atoms. The molecule has 1 heterocycles. The first-order valence-electron chi connectivity index (χ1n) is 7.37. The number of hydrogen-bond acceptors (Lipinski definition) is 5. The average Bonchev–Trinajstić information content (AvgIpc) is 3.01. The molecule has 0 saturated carbocycles. The van der Waals surface area contributed by atoms with Gasteiger partial charge in [0.05, 0.1) is 25.3 Å². The highest BCUT2D eigenvalue weighted by atomic mass is 16.6. The molecular weight excluding hydrogens is 314 g/mol. The van der Waals surface area contributed by atoms with Crippen LogP contribution < -0.4 is 15.0 Å². The van der Waals surface area contributed by atoms with E-state index in [-0.39, 0.29) is 23.9 Å². The Bertz CT molecular complexity index is 728. The van der Waals surface area contributed by atoms with Crippen LogP contribution in [0, 0.1) is 17.0 Å². The van der Waals surface area contributed by atoms with Crippen LogP contribution in [0.25, 0.3) is 0 Å². The number of anilines is 1. The number of carbonyl (C=O) groups is 1. The van der Waals surface area contributed by atoms with E-state index in [1.807, 2.05) is 13.1 Å². The van der Waals surface area contributed by atoms with Gasteiger partial charge in [-0.25, -0.2) is 0 Å². The first kappa shape index (κ1) is 17.5. The van der Waals surface area contributed by atoms with E-state index in [1.54, 1.807) is 19.3 Å². The number of ether oxygens (including phenoxy) is 1. The molecule has 8 heteroatoms. The van der Waals surface area contributed by atoms with Crippen LogP contribution in [0.2, 0.25) is 0 Å². The fourth-order valence-corrected chi connectivity index (χ4v) is 2.36. The van der Waals surface area contributed by atoms with Gasteiger partial charge in [0.2, 0.25) is 0 Å². The Morgan fingerprint density at radius 1 is 1.46 bits per heavy atom. The summed E-state index contributed by atoms with van der Waals surface area (Å²) in [5.74, 6) is 0.712. The third kappa shape index (κ3) is 4.32. The van der Waals surface area contributed by atoms with E-state index in [1.165, 1.54) is 19.2 Å². The Morgan fingerprint density at radius 2 is 2.21 bits per heavy atom. The fraction of sp³-hybridized carbons (Fsp3) is 0.312. The number of carbonyl (C=O) groups excluding carboxylic acids is 1. The highest BCUT2D eigenvalue weighted by molar-refractivity contribution is 5.92. The third-order valence-electron chi connectivity index (χ3n) is 3.52. The molecule has 0 radical (unpaired) electrons. The number of nitro benzene ring substituents is 1. The summed E-state index contributed by atoms with van der Waals surface area (Å²) in [5, 5.41) is 13.8. The minimum Gasteiger partial charge on any atom is -0.490 e. The zero-order valence-electron chi connectivity index (χ0n) is 13.8. The van der Waals surface area contributed by atoms with Gasteiger partial charge in [-0.1, -0.05) is 0 Å². The summed E-state index contributed by atoms with van der Waals surface area (Å²) in [4.78, 5) is 23.6. The lowest BCUT2D eigenvalue weighted by Crippen LogP contribution is -3.08. The van der Waals surface area contributed by atoms with Gasteiger partial charge >= 0.3 is 5.69 Å².